The summed E-state index contributed by atoms with van der Waals surface area (Å²) in [5.74, 6) is -0.0593. The standard InChI is InChI=1S/C62H119NO5/c1-3-5-7-9-11-13-15-17-18-19-20-21-22-23-24-25-26-27-31-34-38-42-46-50-54-60(65)59(58-64)63-61(66)55-51-47-43-39-35-32-28-29-33-37-41-45-49-53-57-68-62(67)56-52-48-44-40-36-30-16-14-12-10-8-6-4-2/h8,10,14,16,59-60,64-65H,3-7,9,11-13,15,17-58H2,1-2H3,(H,63,66)/b10-8-,16-14-. The molecule has 2 atom stereocenters. The Bertz CT molecular complexity index is 1060. The molecule has 0 aromatic carbocycles. The molecular weight excluding hydrogens is 839 g/mol. The van der Waals surface area contributed by atoms with E-state index in [1.807, 2.05) is 0 Å². The third-order valence-corrected chi connectivity index (χ3v) is 14.2. The van der Waals surface area contributed by atoms with E-state index in [4.69, 9.17) is 4.74 Å². The Labute approximate surface area is 424 Å². The lowest BCUT2D eigenvalue weighted by molar-refractivity contribution is -0.143. The van der Waals surface area contributed by atoms with E-state index in [1.165, 1.54) is 244 Å². The minimum absolute atomic E-state index is 0.0166. The van der Waals surface area contributed by atoms with Gasteiger partial charge in [0.25, 0.3) is 0 Å². The monoisotopic (exact) mass is 958 g/mol. The summed E-state index contributed by atoms with van der Waals surface area (Å²) in [6.07, 6.45) is 70.3. The van der Waals surface area contributed by atoms with E-state index in [1.54, 1.807) is 0 Å². The van der Waals surface area contributed by atoms with E-state index < -0.39 is 12.1 Å². The van der Waals surface area contributed by atoms with Gasteiger partial charge in [0.15, 0.2) is 0 Å². The molecule has 0 spiro atoms. The summed E-state index contributed by atoms with van der Waals surface area (Å²) in [5.41, 5.74) is 0. The van der Waals surface area contributed by atoms with Gasteiger partial charge in [-0.3, -0.25) is 9.59 Å². The van der Waals surface area contributed by atoms with Gasteiger partial charge in [-0.25, -0.2) is 0 Å². The van der Waals surface area contributed by atoms with Crippen LogP contribution in [0.3, 0.4) is 0 Å². The molecule has 0 fully saturated rings. The Morgan fingerprint density at radius 2 is 0.765 bits per heavy atom. The number of hydrogen-bond donors (Lipinski definition) is 3. The fraction of sp³-hybridized carbons (Fsp3) is 0.903. The molecule has 68 heavy (non-hydrogen) atoms. The van der Waals surface area contributed by atoms with Crippen molar-refractivity contribution >= 4 is 11.9 Å². The number of amides is 1. The average molecular weight is 959 g/mol. The minimum atomic E-state index is -0.673. The molecular formula is C62H119NO5. The molecule has 0 saturated heterocycles. The van der Waals surface area contributed by atoms with Crippen molar-refractivity contribution in [3.05, 3.63) is 24.3 Å². The van der Waals surface area contributed by atoms with Crippen LogP contribution < -0.4 is 5.32 Å². The molecule has 0 aliphatic carbocycles. The number of carbonyl (C=O) groups excluding carboxylic acids is 2. The first kappa shape index (κ1) is 66.3. The molecule has 0 aromatic heterocycles. The number of aliphatic hydroxyl groups excluding tert-OH is 2. The molecule has 0 radical (unpaired) electrons. The van der Waals surface area contributed by atoms with Crippen LogP contribution >= 0.6 is 0 Å². The van der Waals surface area contributed by atoms with Crippen LogP contribution in [0.2, 0.25) is 0 Å². The number of ether oxygens (including phenoxy) is 1. The third kappa shape index (κ3) is 53.7. The van der Waals surface area contributed by atoms with Gasteiger partial charge in [-0.15, -0.1) is 0 Å². The highest BCUT2D eigenvalue weighted by Gasteiger charge is 2.20. The predicted molar refractivity (Wildman–Crippen MR) is 296 cm³/mol. The van der Waals surface area contributed by atoms with Crippen molar-refractivity contribution in [1.29, 1.82) is 0 Å². The highest BCUT2D eigenvalue weighted by Crippen LogP contribution is 2.18. The maximum Gasteiger partial charge on any atom is 0.305 e. The Balaban J connectivity index is 3.44. The molecule has 0 saturated carbocycles. The van der Waals surface area contributed by atoms with Gasteiger partial charge in [0.05, 0.1) is 25.4 Å². The maximum atomic E-state index is 12.5. The van der Waals surface area contributed by atoms with Gasteiger partial charge in [0.1, 0.15) is 0 Å². The van der Waals surface area contributed by atoms with Crippen LogP contribution in [0.1, 0.15) is 335 Å². The van der Waals surface area contributed by atoms with E-state index in [9.17, 15) is 19.8 Å². The number of aliphatic hydroxyl groups is 2. The number of esters is 1. The van der Waals surface area contributed by atoms with E-state index >= 15 is 0 Å². The summed E-state index contributed by atoms with van der Waals surface area (Å²) in [6.45, 7) is 4.88. The van der Waals surface area contributed by atoms with Gasteiger partial charge in [0.2, 0.25) is 5.91 Å². The largest absolute Gasteiger partial charge is 0.466 e. The van der Waals surface area contributed by atoms with Crippen molar-refractivity contribution in [2.24, 2.45) is 0 Å². The zero-order chi connectivity index (χ0) is 49.3. The lowest BCUT2D eigenvalue weighted by atomic mass is 10.0. The molecule has 0 heterocycles. The lowest BCUT2D eigenvalue weighted by Gasteiger charge is -2.22. The van der Waals surface area contributed by atoms with Crippen molar-refractivity contribution in [2.75, 3.05) is 13.2 Å². The Kier molecular flexibility index (Phi) is 56.5. The summed E-state index contributed by atoms with van der Waals surface area (Å²) in [6, 6.07) is -0.551. The second kappa shape index (κ2) is 57.9. The zero-order valence-electron chi connectivity index (χ0n) is 45.9. The summed E-state index contributed by atoms with van der Waals surface area (Å²) in [7, 11) is 0. The highest BCUT2D eigenvalue weighted by atomic mass is 16.5. The van der Waals surface area contributed by atoms with Crippen LogP contribution in [0.4, 0.5) is 0 Å². The number of nitrogens with one attached hydrogen (secondary N) is 1. The molecule has 0 bridgehead atoms. The van der Waals surface area contributed by atoms with Crippen molar-refractivity contribution in [2.45, 2.75) is 347 Å². The smallest absolute Gasteiger partial charge is 0.305 e. The molecule has 0 aromatic rings. The average Bonchev–Trinajstić information content (AvgIpc) is 3.34. The van der Waals surface area contributed by atoms with Gasteiger partial charge in [0, 0.05) is 12.8 Å². The van der Waals surface area contributed by atoms with Crippen molar-refractivity contribution < 1.29 is 24.5 Å². The van der Waals surface area contributed by atoms with Crippen LogP contribution in [0.25, 0.3) is 0 Å². The Morgan fingerprint density at radius 3 is 1.18 bits per heavy atom. The van der Waals surface area contributed by atoms with Crippen LogP contribution in [-0.2, 0) is 14.3 Å². The highest BCUT2D eigenvalue weighted by molar-refractivity contribution is 5.76. The van der Waals surface area contributed by atoms with Gasteiger partial charge in [-0.1, -0.05) is 295 Å². The quantitative estimate of drug-likeness (QED) is 0.0321. The van der Waals surface area contributed by atoms with Gasteiger partial charge in [-0.05, 0) is 51.4 Å². The number of hydrogen-bond acceptors (Lipinski definition) is 5. The van der Waals surface area contributed by atoms with E-state index in [0.717, 1.165) is 57.8 Å². The summed E-state index contributed by atoms with van der Waals surface area (Å²) in [4.78, 5) is 24.5. The minimum Gasteiger partial charge on any atom is -0.466 e. The van der Waals surface area contributed by atoms with Crippen molar-refractivity contribution in [3.8, 4) is 0 Å². The molecule has 0 rings (SSSR count). The van der Waals surface area contributed by atoms with Crippen LogP contribution in [-0.4, -0.2) is 47.4 Å². The van der Waals surface area contributed by atoms with Crippen LogP contribution in [0.15, 0.2) is 24.3 Å². The molecule has 3 N–H and O–H groups in total. The Hall–Kier alpha value is -1.66. The summed E-state index contributed by atoms with van der Waals surface area (Å²) >= 11 is 0. The van der Waals surface area contributed by atoms with Crippen LogP contribution in [0, 0.1) is 0 Å². The molecule has 0 aliphatic heterocycles. The van der Waals surface area contributed by atoms with Gasteiger partial charge >= 0.3 is 5.97 Å². The summed E-state index contributed by atoms with van der Waals surface area (Å²) in [5, 5.41) is 23.4. The lowest BCUT2D eigenvalue weighted by Crippen LogP contribution is -2.45. The molecule has 1 amide bonds. The molecule has 2 unspecified atom stereocenters. The first-order valence-corrected chi connectivity index (χ1v) is 30.6. The first-order chi connectivity index (χ1) is 33.5. The number of carbonyl (C=O) groups is 2. The first-order valence-electron chi connectivity index (χ1n) is 30.6. The fourth-order valence-electron chi connectivity index (χ4n) is 9.56. The number of allylic oxidation sites excluding steroid dienone is 4. The van der Waals surface area contributed by atoms with Gasteiger partial charge in [-0.2, -0.15) is 0 Å². The van der Waals surface area contributed by atoms with Crippen LogP contribution in [0.5, 0.6) is 0 Å². The number of rotatable bonds is 57. The van der Waals surface area contributed by atoms with E-state index in [-0.39, 0.29) is 18.5 Å². The molecule has 6 nitrogen and oxygen atoms in total. The van der Waals surface area contributed by atoms with Crippen molar-refractivity contribution in [3.63, 3.8) is 0 Å². The molecule has 6 heteroatoms. The SMILES string of the molecule is CCC/C=C\C/C=C\CCCCCCCC(=O)OCCCCCCCCCCCCCCCCC(=O)NC(CO)C(O)CCCCCCCCCCCCCCCCCCCCCCCCCC. The maximum absolute atomic E-state index is 12.5. The zero-order valence-corrected chi connectivity index (χ0v) is 45.9. The molecule has 402 valence electrons. The number of unbranched alkanes of at least 4 members (excludes halogenated alkanes) is 42. The van der Waals surface area contributed by atoms with E-state index in [0.29, 0.717) is 25.9 Å². The molecule has 0 aliphatic rings. The van der Waals surface area contributed by atoms with Crippen molar-refractivity contribution in [1.82, 2.24) is 5.32 Å². The normalized spacial score (nSPS) is 12.7. The second-order valence-corrected chi connectivity index (χ2v) is 21.0. The predicted octanol–water partition coefficient (Wildman–Crippen LogP) is 19.0. The second-order valence-electron chi connectivity index (χ2n) is 21.0. The van der Waals surface area contributed by atoms with E-state index in [2.05, 4.69) is 43.5 Å². The fourth-order valence-corrected chi connectivity index (χ4v) is 9.56. The topological polar surface area (TPSA) is 95.9 Å². The summed E-state index contributed by atoms with van der Waals surface area (Å²) < 4.78 is 5.46. The Morgan fingerprint density at radius 1 is 0.412 bits per heavy atom. The van der Waals surface area contributed by atoms with Gasteiger partial charge < -0.3 is 20.3 Å². The third-order valence-electron chi connectivity index (χ3n) is 14.2.